The van der Waals surface area contributed by atoms with E-state index < -0.39 is 10.1 Å². The number of unbranched alkanes of at least 4 members (excludes halogenated alkanes) is 4. The summed E-state index contributed by atoms with van der Waals surface area (Å²) in [6, 6.07) is 26.1. The highest BCUT2D eigenvalue weighted by Gasteiger charge is 2.45. The summed E-state index contributed by atoms with van der Waals surface area (Å²) in [4.78, 5) is 2.31. The number of hydrogen-bond acceptors (Lipinski definition) is 4. The second-order valence-electron chi connectivity index (χ2n) is 15.0. The van der Waals surface area contributed by atoms with Gasteiger partial charge < -0.3 is 9.45 Å². The Labute approximate surface area is 305 Å². The SMILES string of the molecule is CCCCCC[N+]1=C(C=CC=CC=CC=C2N(CCCCS(=O)(=O)[O-])c3ccc4ccccc4c3C2(C)C)C(C)(C)c2c1ccc1ccccc21. The summed E-state index contributed by atoms with van der Waals surface area (Å²) in [6.45, 7) is 13.2. The van der Waals surface area contributed by atoms with Gasteiger partial charge in [-0.15, -0.1) is 0 Å². The molecule has 0 N–H and O–H groups in total. The van der Waals surface area contributed by atoms with Crippen LogP contribution in [0, 0.1) is 0 Å². The van der Waals surface area contributed by atoms with Gasteiger partial charge in [-0.1, -0.05) is 119 Å². The van der Waals surface area contributed by atoms with Gasteiger partial charge in [0.1, 0.15) is 6.54 Å². The Morgan fingerprint density at radius 1 is 0.706 bits per heavy atom. The van der Waals surface area contributed by atoms with Crippen molar-refractivity contribution in [1.29, 1.82) is 0 Å². The predicted molar refractivity (Wildman–Crippen MR) is 215 cm³/mol. The highest BCUT2D eigenvalue weighted by Crippen LogP contribution is 2.51. The van der Waals surface area contributed by atoms with E-state index in [9.17, 15) is 13.0 Å². The Balaban J connectivity index is 1.25. The van der Waals surface area contributed by atoms with E-state index >= 15 is 0 Å². The average Bonchev–Trinajstić information content (AvgIpc) is 3.46. The highest BCUT2D eigenvalue weighted by molar-refractivity contribution is 7.85. The van der Waals surface area contributed by atoms with E-state index in [1.54, 1.807) is 0 Å². The first-order valence-electron chi connectivity index (χ1n) is 18.6. The average molecular weight is 701 g/mol. The molecule has 0 atom stereocenters. The van der Waals surface area contributed by atoms with E-state index in [4.69, 9.17) is 0 Å². The Morgan fingerprint density at radius 3 is 2.06 bits per heavy atom. The van der Waals surface area contributed by atoms with Crippen LogP contribution in [-0.2, 0) is 20.9 Å². The van der Waals surface area contributed by atoms with Gasteiger partial charge in [-0.05, 0) is 78.4 Å². The lowest BCUT2D eigenvalue weighted by atomic mass is 9.79. The molecule has 2 heterocycles. The standard InChI is InChI=1S/C45H52N2O3S/c1-6-7-8-18-31-46-38-29-27-34-21-14-16-23-36(34)42(38)44(2,3)40(46)25-12-10-9-11-13-26-41-45(4,5)43-37-24-17-15-22-35(37)28-30-39(43)47(41)32-19-20-33-51(48,49)50/h9-17,21-30H,6-8,18-20,31-33H2,1-5H3. The Bertz CT molecular complexity index is 2180. The van der Waals surface area contributed by atoms with Gasteiger partial charge in [0.25, 0.3) is 0 Å². The van der Waals surface area contributed by atoms with Crippen molar-refractivity contribution in [3.8, 4) is 0 Å². The molecule has 4 aromatic carbocycles. The second kappa shape index (κ2) is 15.1. The van der Waals surface area contributed by atoms with Crippen molar-refractivity contribution in [3.05, 3.63) is 132 Å². The van der Waals surface area contributed by atoms with Crippen molar-refractivity contribution in [3.63, 3.8) is 0 Å². The number of allylic oxidation sites excluding steroid dienone is 8. The van der Waals surface area contributed by atoms with Crippen LogP contribution in [-0.4, -0.2) is 42.1 Å². The Hall–Kier alpha value is -4.26. The molecule has 0 aromatic heterocycles. The summed E-state index contributed by atoms with van der Waals surface area (Å²) < 4.78 is 36.4. The molecule has 2 aliphatic rings. The van der Waals surface area contributed by atoms with Gasteiger partial charge in [0, 0.05) is 53.2 Å². The molecule has 6 heteroatoms. The molecule has 2 aliphatic heterocycles. The maximum atomic E-state index is 11.3. The van der Waals surface area contributed by atoms with Gasteiger partial charge in [0.05, 0.1) is 15.5 Å². The fourth-order valence-corrected chi connectivity index (χ4v) is 8.84. The summed E-state index contributed by atoms with van der Waals surface area (Å²) in [5.41, 5.74) is 7.27. The first kappa shape index (κ1) is 36.5. The molecule has 5 nitrogen and oxygen atoms in total. The zero-order valence-electron chi connectivity index (χ0n) is 30.9. The third-order valence-electron chi connectivity index (χ3n) is 10.7. The molecule has 0 fully saturated rings. The van der Waals surface area contributed by atoms with Crippen molar-refractivity contribution in [2.24, 2.45) is 0 Å². The molecular weight excluding hydrogens is 649 g/mol. The van der Waals surface area contributed by atoms with Crippen molar-refractivity contribution < 1.29 is 17.5 Å². The molecule has 0 saturated heterocycles. The zero-order valence-corrected chi connectivity index (χ0v) is 31.7. The fraction of sp³-hybridized carbons (Fsp3) is 0.356. The largest absolute Gasteiger partial charge is 0.748 e. The van der Waals surface area contributed by atoms with Crippen LogP contribution in [0.15, 0.2) is 121 Å². The van der Waals surface area contributed by atoms with E-state index in [1.807, 2.05) is 0 Å². The van der Waals surface area contributed by atoms with E-state index in [1.165, 1.54) is 69.8 Å². The summed E-state index contributed by atoms with van der Waals surface area (Å²) in [5.74, 6) is -0.332. The molecule has 266 valence electrons. The number of fused-ring (bicyclic) bond motifs is 6. The maximum Gasteiger partial charge on any atom is 0.210 e. The smallest absolute Gasteiger partial charge is 0.210 e. The highest BCUT2D eigenvalue weighted by atomic mass is 32.2. The van der Waals surface area contributed by atoms with Gasteiger partial charge in [-0.3, -0.25) is 0 Å². The molecule has 0 saturated carbocycles. The number of hydrogen-bond donors (Lipinski definition) is 0. The van der Waals surface area contributed by atoms with Crippen LogP contribution < -0.4 is 4.90 Å². The Morgan fingerprint density at radius 2 is 1.35 bits per heavy atom. The zero-order chi connectivity index (χ0) is 36.2. The van der Waals surface area contributed by atoms with Crippen LogP contribution in [0.2, 0.25) is 0 Å². The number of nitrogens with zero attached hydrogens (tertiary/aromatic N) is 2. The molecule has 0 spiro atoms. The first-order valence-corrected chi connectivity index (χ1v) is 20.2. The first-order chi connectivity index (χ1) is 24.4. The second-order valence-corrected chi connectivity index (χ2v) is 16.5. The van der Waals surface area contributed by atoms with Crippen LogP contribution in [0.25, 0.3) is 21.5 Å². The van der Waals surface area contributed by atoms with Gasteiger partial charge in [-0.25, -0.2) is 8.42 Å². The van der Waals surface area contributed by atoms with Crippen molar-refractivity contribution in [2.75, 3.05) is 23.7 Å². The van der Waals surface area contributed by atoms with E-state index in [0.29, 0.717) is 19.4 Å². The third-order valence-corrected chi connectivity index (χ3v) is 11.5. The number of benzene rings is 4. The molecule has 0 unspecified atom stereocenters. The van der Waals surface area contributed by atoms with Crippen LogP contribution in [0.5, 0.6) is 0 Å². The van der Waals surface area contributed by atoms with E-state index in [2.05, 4.69) is 159 Å². The normalized spacial score (nSPS) is 17.7. The minimum atomic E-state index is -4.23. The predicted octanol–water partition coefficient (Wildman–Crippen LogP) is 10.6. The molecule has 51 heavy (non-hydrogen) atoms. The fourth-order valence-electron chi connectivity index (χ4n) is 8.28. The molecule has 0 bridgehead atoms. The van der Waals surface area contributed by atoms with E-state index in [-0.39, 0.29) is 16.6 Å². The topological polar surface area (TPSA) is 63.5 Å². The van der Waals surface area contributed by atoms with Crippen LogP contribution in [0.1, 0.15) is 84.3 Å². The van der Waals surface area contributed by atoms with Crippen molar-refractivity contribution in [1.82, 2.24) is 0 Å². The van der Waals surface area contributed by atoms with Gasteiger partial charge in [0.15, 0.2) is 5.71 Å². The van der Waals surface area contributed by atoms with Crippen molar-refractivity contribution >= 4 is 48.7 Å². The molecule has 0 aliphatic carbocycles. The summed E-state index contributed by atoms with van der Waals surface area (Å²) in [6.07, 6.45) is 20.9. The lowest BCUT2D eigenvalue weighted by Gasteiger charge is -2.27. The summed E-state index contributed by atoms with van der Waals surface area (Å²) in [7, 11) is -4.23. The summed E-state index contributed by atoms with van der Waals surface area (Å²) >= 11 is 0. The quantitative estimate of drug-likeness (QED) is 0.0568. The van der Waals surface area contributed by atoms with Crippen LogP contribution in [0.3, 0.4) is 0 Å². The van der Waals surface area contributed by atoms with Gasteiger partial charge >= 0.3 is 0 Å². The maximum absolute atomic E-state index is 11.3. The minimum absolute atomic E-state index is 0.125. The minimum Gasteiger partial charge on any atom is -0.748 e. The lowest BCUT2D eigenvalue weighted by Crippen LogP contribution is -2.28. The lowest BCUT2D eigenvalue weighted by molar-refractivity contribution is -0.438. The van der Waals surface area contributed by atoms with Crippen molar-refractivity contribution in [2.45, 2.75) is 84.0 Å². The molecular formula is C45H52N2O3S. The molecule has 0 radical (unpaired) electrons. The summed E-state index contributed by atoms with van der Waals surface area (Å²) in [5, 5.41) is 5.05. The van der Waals surface area contributed by atoms with Crippen LogP contribution in [0.4, 0.5) is 11.4 Å². The Kier molecular flexibility index (Phi) is 10.9. The molecule has 6 rings (SSSR count). The van der Waals surface area contributed by atoms with E-state index in [0.717, 1.165) is 17.9 Å². The number of anilines is 1. The van der Waals surface area contributed by atoms with Gasteiger partial charge in [-0.2, -0.15) is 4.58 Å². The third kappa shape index (κ3) is 7.54. The molecule has 4 aromatic rings. The monoisotopic (exact) mass is 700 g/mol. The molecule has 0 amide bonds. The number of rotatable bonds is 14. The van der Waals surface area contributed by atoms with Gasteiger partial charge in [0.2, 0.25) is 5.69 Å². The van der Waals surface area contributed by atoms with Crippen LogP contribution >= 0.6 is 0 Å².